The Morgan fingerprint density at radius 2 is 1.78 bits per heavy atom. The number of unbranched alkanes of at least 4 members (excludes halogenated alkanes) is 2. The van der Waals surface area contributed by atoms with Crippen molar-refractivity contribution in [2.45, 2.75) is 69.3 Å². The van der Waals surface area contributed by atoms with Crippen LogP contribution in [0, 0.1) is 21.3 Å². The van der Waals surface area contributed by atoms with Gasteiger partial charge in [0, 0.05) is 23.5 Å². The summed E-state index contributed by atoms with van der Waals surface area (Å²) in [5.74, 6) is -1.74. The average Bonchev–Trinajstić information content (AvgIpc) is 2.82. The fraction of sp³-hybridized carbons (Fsp3) is 0.500. The summed E-state index contributed by atoms with van der Waals surface area (Å²) >= 11 is 0. The molecule has 1 aliphatic heterocycles. The Kier molecular flexibility index (Phi) is 7.35. The van der Waals surface area contributed by atoms with Crippen LogP contribution >= 0.6 is 0 Å². The van der Waals surface area contributed by atoms with Crippen LogP contribution in [0.4, 0.5) is 10.1 Å². The van der Waals surface area contributed by atoms with E-state index in [1.165, 1.54) is 24.3 Å². The first-order valence-corrected chi connectivity index (χ1v) is 12.7. The number of aliphatic hydroxyl groups is 1. The van der Waals surface area contributed by atoms with Gasteiger partial charge in [0.25, 0.3) is 5.69 Å². The molecule has 0 spiro atoms. The fourth-order valence-corrected chi connectivity index (χ4v) is 7.12. The third kappa shape index (κ3) is 4.71. The Morgan fingerprint density at radius 1 is 1.12 bits per heavy atom. The second kappa shape index (κ2) is 9.67. The van der Waals surface area contributed by atoms with Crippen molar-refractivity contribution in [2.24, 2.45) is 5.41 Å². The predicted molar refractivity (Wildman–Crippen MR) is 121 cm³/mol. The maximum Gasteiger partial charge on any atom is 0.269 e. The standard InChI is InChI=1S/C24H30FNO5S/c1-3-5-12-24(13-6-4-2)16-32(30,31)21-11-10-18(25)15-20(21)22(23(24)27)17-8-7-9-19(14-17)26(28)29/h7-11,14-15,22-23,27H,3-6,12-13,16H2,1-2H3/t22-,23?/m1/s1. The molecule has 1 unspecified atom stereocenters. The molecule has 2 aromatic carbocycles. The molecule has 0 saturated carbocycles. The van der Waals surface area contributed by atoms with E-state index in [4.69, 9.17) is 0 Å². The van der Waals surface area contributed by atoms with Crippen LogP contribution in [0.3, 0.4) is 0 Å². The van der Waals surface area contributed by atoms with Crippen molar-refractivity contribution in [3.8, 4) is 0 Å². The number of fused-ring (bicyclic) bond motifs is 1. The predicted octanol–water partition coefficient (Wildman–Crippen LogP) is 5.38. The van der Waals surface area contributed by atoms with Gasteiger partial charge < -0.3 is 5.11 Å². The van der Waals surface area contributed by atoms with E-state index in [0.29, 0.717) is 18.4 Å². The highest BCUT2D eigenvalue weighted by Gasteiger charge is 2.49. The number of nitro benzene ring substituents is 1. The second-order valence-electron chi connectivity index (χ2n) is 8.79. The molecule has 0 fully saturated rings. The maximum absolute atomic E-state index is 14.3. The molecular weight excluding hydrogens is 433 g/mol. The minimum Gasteiger partial charge on any atom is -0.392 e. The van der Waals surface area contributed by atoms with Crippen LogP contribution in [0.1, 0.15) is 69.4 Å². The summed E-state index contributed by atoms with van der Waals surface area (Å²) in [5, 5.41) is 23.2. The van der Waals surface area contributed by atoms with Gasteiger partial charge in [0.1, 0.15) is 5.82 Å². The number of non-ortho nitro benzene ring substituents is 1. The van der Waals surface area contributed by atoms with Crippen LogP contribution < -0.4 is 0 Å². The second-order valence-corrected chi connectivity index (χ2v) is 10.7. The first kappa shape index (κ1) is 24.3. The summed E-state index contributed by atoms with van der Waals surface area (Å²) in [7, 11) is -3.82. The van der Waals surface area contributed by atoms with Gasteiger partial charge >= 0.3 is 0 Å². The molecule has 1 aliphatic rings. The summed E-state index contributed by atoms with van der Waals surface area (Å²) in [5.41, 5.74) is -0.524. The van der Waals surface area contributed by atoms with E-state index in [0.717, 1.165) is 37.8 Å². The van der Waals surface area contributed by atoms with Crippen molar-refractivity contribution in [1.82, 2.24) is 0 Å². The van der Waals surface area contributed by atoms with Gasteiger partial charge in [-0.2, -0.15) is 0 Å². The maximum atomic E-state index is 14.3. The van der Waals surface area contributed by atoms with E-state index in [2.05, 4.69) is 0 Å². The molecule has 0 bridgehead atoms. The van der Waals surface area contributed by atoms with Gasteiger partial charge in [-0.15, -0.1) is 0 Å². The number of rotatable bonds is 8. The third-order valence-corrected chi connectivity index (χ3v) is 8.56. The lowest BCUT2D eigenvalue weighted by Gasteiger charge is -2.40. The number of benzene rings is 2. The summed E-state index contributed by atoms with van der Waals surface area (Å²) in [6.07, 6.45) is 3.02. The Morgan fingerprint density at radius 3 is 2.38 bits per heavy atom. The molecule has 2 aromatic rings. The van der Waals surface area contributed by atoms with Gasteiger partial charge in [0.15, 0.2) is 9.84 Å². The molecule has 1 N–H and O–H groups in total. The van der Waals surface area contributed by atoms with Gasteiger partial charge in [0.05, 0.1) is 21.7 Å². The highest BCUT2D eigenvalue weighted by Crippen LogP contribution is 2.49. The van der Waals surface area contributed by atoms with Gasteiger partial charge in [-0.05, 0) is 42.2 Å². The zero-order valence-electron chi connectivity index (χ0n) is 18.5. The molecule has 2 atom stereocenters. The molecule has 174 valence electrons. The molecule has 8 heteroatoms. The molecule has 0 radical (unpaired) electrons. The molecule has 0 amide bonds. The molecule has 6 nitrogen and oxygen atoms in total. The molecule has 1 heterocycles. The van der Waals surface area contributed by atoms with Crippen molar-refractivity contribution in [3.05, 3.63) is 69.5 Å². The van der Waals surface area contributed by atoms with E-state index < -0.39 is 38.0 Å². The first-order chi connectivity index (χ1) is 15.1. The first-order valence-electron chi connectivity index (χ1n) is 11.1. The lowest BCUT2D eigenvalue weighted by Crippen LogP contribution is -2.43. The van der Waals surface area contributed by atoms with E-state index in [9.17, 15) is 28.0 Å². The minimum atomic E-state index is -3.82. The van der Waals surface area contributed by atoms with Crippen molar-refractivity contribution < 1.29 is 22.8 Å². The number of aliphatic hydroxyl groups excluding tert-OH is 1. The molecule has 0 aliphatic carbocycles. The van der Waals surface area contributed by atoms with Crippen LogP contribution in [0.2, 0.25) is 0 Å². The zero-order chi connectivity index (χ0) is 23.5. The quantitative estimate of drug-likeness (QED) is 0.322. The lowest BCUT2D eigenvalue weighted by atomic mass is 9.68. The molecule has 3 rings (SSSR count). The lowest BCUT2D eigenvalue weighted by molar-refractivity contribution is -0.384. The van der Waals surface area contributed by atoms with Crippen molar-refractivity contribution >= 4 is 15.5 Å². The van der Waals surface area contributed by atoms with Crippen LogP contribution in [-0.4, -0.2) is 30.3 Å². The molecule has 32 heavy (non-hydrogen) atoms. The molecule has 0 aromatic heterocycles. The Balaban J connectivity index is 2.30. The minimum absolute atomic E-state index is 0.00988. The number of halogens is 1. The van der Waals surface area contributed by atoms with Gasteiger partial charge in [-0.1, -0.05) is 51.7 Å². The molecular formula is C24H30FNO5S. The summed E-state index contributed by atoms with van der Waals surface area (Å²) in [6, 6.07) is 9.36. The summed E-state index contributed by atoms with van der Waals surface area (Å²) in [4.78, 5) is 10.8. The number of hydrogen-bond donors (Lipinski definition) is 1. The van der Waals surface area contributed by atoms with Crippen LogP contribution in [0.15, 0.2) is 47.4 Å². The fourth-order valence-electron chi connectivity index (χ4n) is 4.93. The van der Waals surface area contributed by atoms with Crippen molar-refractivity contribution in [3.63, 3.8) is 0 Å². The number of nitrogens with zero attached hydrogens (tertiary/aromatic N) is 1. The Bertz CT molecular complexity index is 1080. The van der Waals surface area contributed by atoms with Gasteiger partial charge in [-0.3, -0.25) is 10.1 Å². The Hall–Kier alpha value is -2.32. The summed E-state index contributed by atoms with van der Waals surface area (Å²) < 4.78 is 41.3. The molecule has 0 saturated heterocycles. The van der Waals surface area contributed by atoms with E-state index >= 15 is 0 Å². The van der Waals surface area contributed by atoms with E-state index in [1.54, 1.807) is 6.07 Å². The van der Waals surface area contributed by atoms with Gasteiger partial charge in [0.2, 0.25) is 0 Å². The number of sulfone groups is 1. The normalized spacial score (nSPS) is 21.5. The monoisotopic (exact) mass is 463 g/mol. The highest BCUT2D eigenvalue weighted by atomic mass is 32.2. The topological polar surface area (TPSA) is 97.5 Å². The van der Waals surface area contributed by atoms with Gasteiger partial charge in [-0.25, -0.2) is 12.8 Å². The average molecular weight is 464 g/mol. The van der Waals surface area contributed by atoms with Crippen molar-refractivity contribution in [1.29, 1.82) is 0 Å². The third-order valence-electron chi connectivity index (χ3n) is 6.56. The largest absolute Gasteiger partial charge is 0.392 e. The van der Waals surface area contributed by atoms with Crippen LogP contribution in [0.25, 0.3) is 0 Å². The SMILES string of the molecule is CCCCC1(CCCC)CS(=O)(=O)c2ccc(F)cc2[C@@H](c2cccc([N+](=O)[O-])c2)C1O. The highest BCUT2D eigenvalue weighted by molar-refractivity contribution is 7.91. The van der Waals surface area contributed by atoms with Crippen molar-refractivity contribution in [2.75, 3.05) is 5.75 Å². The summed E-state index contributed by atoms with van der Waals surface area (Å²) in [6.45, 7) is 4.01. The van der Waals surface area contributed by atoms with Crippen LogP contribution in [-0.2, 0) is 9.84 Å². The Labute approximate surface area is 188 Å². The number of hydrogen-bond acceptors (Lipinski definition) is 5. The van der Waals surface area contributed by atoms with E-state index in [-0.39, 0.29) is 21.9 Å². The zero-order valence-corrected chi connectivity index (χ0v) is 19.3. The number of nitro groups is 1. The van der Waals surface area contributed by atoms with E-state index in [1.807, 2.05) is 13.8 Å². The van der Waals surface area contributed by atoms with Crippen LogP contribution in [0.5, 0.6) is 0 Å². The smallest absolute Gasteiger partial charge is 0.269 e.